The molecule has 2 aromatic carbocycles. The van der Waals surface area contributed by atoms with Crippen LogP contribution in [0.25, 0.3) is 6.08 Å². The number of hydrogen-bond donors (Lipinski definition) is 0. The molecule has 26 heavy (non-hydrogen) atoms. The largest absolute Gasteiger partial charge is 0.337 e. The second-order valence-electron chi connectivity index (χ2n) is 6.29. The van der Waals surface area contributed by atoms with Gasteiger partial charge in [0.05, 0.1) is 4.90 Å². The molecule has 1 aliphatic heterocycles. The lowest BCUT2D eigenvalue weighted by Gasteiger charge is -2.33. The molecule has 0 radical (unpaired) electrons. The molecule has 0 atom stereocenters. The van der Waals surface area contributed by atoms with E-state index in [1.807, 2.05) is 31.2 Å². The van der Waals surface area contributed by atoms with Gasteiger partial charge in [-0.3, -0.25) is 4.79 Å². The Labute approximate surface area is 154 Å². The highest BCUT2D eigenvalue weighted by molar-refractivity contribution is 7.89. The molecule has 1 fully saturated rings. The lowest BCUT2D eigenvalue weighted by atomic mass is 10.1. The molecule has 6 heteroatoms. The Morgan fingerprint density at radius 2 is 1.65 bits per heavy atom. The highest BCUT2D eigenvalue weighted by Crippen LogP contribution is 2.17. The summed E-state index contributed by atoms with van der Waals surface area (Å²) in [6.45, 7) is 3.40. The van der Waals surface area contributed by atoms with Gasteiger partial charge in [0.15, 0.2) is 0 Å². The maximum atomic E-state index is 12.6. The Morgan fingerprint density at radius 1 is 0.962 bits per heavy atom. The van der Waals surface area contributed by atoms with E-state index in [0.717, 1.165) is 11.1 Å². The smallest absolute Gasteiger partial charge is 0.246 e. The van der Waals surface area contributed by atoms with E-state index >= 15 is 0 Å². The average Bonchev–Trinajstić information content (AvgIpc) is 2.67. The van der Waals surface area contributed by atoms with Crippen LogP contribution < -0.4 is 0 Å². The lowest BCUT2D eigenvalue weighted by molar-refractivity contribution is -0.127. The number of benzene rings is 2. The minimum absolute atomic E-state index is 0.0942. The number of carbonyl (C=O) groups is 1. The maximum Gasteiger partial charge on any atom is 0.246 e. The molecule has 2 aromatic rings. The molecule has 1 aliphatic rings. The van der Waals surface area contributed by atoms with Crippen molar-refractivity contribution in [3.05, 3.63) is 71.8 Å². The Bertz CT molecular complexity index is 900. The van der Waals surface area contributed by atoms with Crippen LogP contribution >= 0.6 is 0 Å². The number of sulfonamides is 1. The first-order chi connectivity index (χ1) is 12.5. The Hall–Kier alpha value is -2.44. The van der Waals surface area contributed by atoms with E-state index in [2.05, 4.69) is 0 Å². The molecular formula is C20H22N2O3S. The fraction of sp³-hybridized carbons (Fsp3) is 0.250. The summed E-state index contributed by atoms with van der Waals surface area (Å²) in [6.07, 6.45) is 3.35. The standard InChI is InChI=1S/C20H22N2O3S/c1-17-6-5-7-18(16-17)10-11-20(23)21-12-14-22(15-13-21)26(24,25)19-8-3-2-4-9-19/h2-11,16H,12-15H2,1H3/b11-10+. The minimum atomic E-state index is -3.49. The highest BCUT2D eigenvalue weighted by atomic mass is 32.2. The summed E-state index contributed by atoms with van der Waals surface area (Å²) >= 11 is 0. The van der Waals surface area contributed by atoms with Gasteiger partial charge in [0.25, 0.3) is 0 Å². The maximum absolute atomic E-state index is 12.6. The van der Waals surface area contributed by atoms with Gasteiger partial charge < -0.3 is 4.90 Å². The van der Waals surface area contributed by atoms with Gasteiger partial charge in [-0.15, -0.1) is 0 Å². The van der Waals surface area contributed by atoms with Crippen LogP contribution in [-0.2, 0) is 14.8 Å². The first-order valence-electron chi connectivity index (χ1n) is 8.56. The van der Waals surface area contributed by atoms with E-state index in [0.29, 0.717) is 31.1 Å². The summed E-state index contributed by atoms with van der Waals surface area (Å²) in [7, 11) is -3.49. The summed E-state index contributed by atoms with van der Waals surface area (Å²) in [5.74, 6) is -0.0942. The van der Waals surface area contributed by atoms with E-state index in [1.165, 1.54) is 4.31 Å². The van der Waals surface area contributed by atoms with E-state index in [9.17, 15) is 13.2 Å². The van der Waals surface area contributed by atoms with Gasteiger partial charge in [-0.2, -0.15) is 4.31 Å². The van der Waals surface area contributed by atoms with Crippen LogP contribution in [0.1, 0.15) is 11.1 Å². The molecule has 0 N–H and O–H groups in total. The first-order valence-corrected chi connectivity index (χ1v) is 10.00. The Balaban J connectivity index is 1.60. The molecule has 0 spiro atoms. The molecular weight excluding hydrogens is 348 g/mol. The molecule has 3 rings (SSSR count). The van der Waals surface area contributed by atoms with E-state index < -0.39 is 10.0 Å². The second-order valence-corrected chi connectivity index (χ2v) is 8.23. The third-order valence-corrected chi connectivity index (χ3v) is 6.30. The van der Waals surface area contributed by atoms with Gasteiger partial charge in [-0.1, -0.05) is 48.0 Å². The SMILES string of the molecule is Cc1cccc(/C=C/C(=O)N2CCN(S(=O)(=O)c3ccccc3)CC2)c1. The normalized spacial score (nSPS) is 16.1. The molecule has 1 amide bonds. The fourth-order valence-electron chi connectivity index (χ4n) is 2.94. The first kappa shape index (κ1) is 18.4. The molecule has 1 saturated heterocycles. The Kier molecular flexibility index (Phi) is 5.54. The fourth-order valence-corrected chi connectivity index (χ4v) is 4.38. The predicted octanol–water partition coefficient (Wildman–Crippen LogP) is 2.54. The number of carbonyl (C=O) groups excluding carboxylic acids is 1. The zero-order valence-corrected chi connectivity index (χ0v) is 15.5. The molecule has 0 aromatic heterocycles. The van der Waals surface area contributed by atoms with Crippen molar-refractivity contribution in [3.8, 4) is 0 Å². The van der Waals surface area contributed by atoms with Gasteiger partial charge in [-0.05, 0) is 30.7 Å². The third-order valence-electron chi connectivity index (χ3n) is 4.39. The van der Waals surface area contributed by atoms with Crippen LogP contribution in [0.2, 0.25) is 0 Å². The van der Waals surface area contributed by atoms with E-state index in [-0.39, 0.29) is 5.91 Å². The van der Waals surface area contributed by atoms with Gasteiger partial charge in [-0.25, -0.2) is 8.42 Å². The summed E-state index contributed by atoms with van der Waals surface area (Å²) in [5.41, 5.74) is 2.11. The molecule has 0 bridgehead atoms. The Morgan fingerprint density at radius 3 is 2.31 bits per heavy atom. The summed E-state index contributed by atoms with van der Waals surface area (Å²) in [4.78, 5) is 14.3. The third kappa shape index (κ3) is 4.20. The van der Waals surface area contributed by atoms with Gasteiger partial charge in [0.1, 0.15) is 0 Å². The zero-order valence-electron chi connectivity index (χ0n) is 14.7. The quantitative estimate of drug-likeness (QED) is 0.777. The van der Waals surface area contributed by atoms with Crippen molar-refractivity contribution in [2.45, 2.75) is 11.8 Å². The molecule has 136 valence electrons. The molecule has 1 heterocycles. The number of piperazine rings is 1. The molecule has 5 nitrogen and oxygen atoms in total. The number of aryl methyl sites for hydroxylation is 1. The summed E-state index contributed by atoms with van der Waals surface area (Å²) in [6, 6.07) is 16.3. The van der Waals surface area contributed by atoms with Crippen molar-refractivity contribution in [1.82, 2.24) is 9.21 Å². The number of nitrogens with zero attached hydrogens (tertiary/aromatic N) is 2. The van der Waals surface area contributed by atoms with Crippen LogP contribution in [-0.4, -0.2) is 49.7 Å². The van der Waals surface area contributed by atoms with Crippen LogP contribution in [0.5, 0.6) is 0 Å². The number of hydrogen-bond acceptors (Lipinski definition) is 3. The van der Waals surface area contributed by atoms with Gasteiger partial charge >= 0.3 is 0 Å². The highest BCUT2D eigenvalue weighted by Gasteiger charge is 2.29. The van der Waals surface area contributed by atoms with Crippen molar-refractivity contribution < 1.29 is 13.2 Å². The van der Waals surface area contributed by atoms with Crippen molar-refractivity contribution in [2.24, 2.45) is 0 Å². The molecule has 0 unspecified atom stereocenters. The van der Waals surface area contributed by atoms with E-state index in [1.54, 1.807) is 47.4 Å². The van der Waals surface area contributed by atoms with Gasteiger partial charge in [0, 0.05) is 32.3 Å². The summed E-state index contributed by atoms with van der Waals surface area (Å²) in [5, 5.41) is 0. The van der Waals surface area contributed by atoms with Crippen LogP contribution in [0.4, 0.5) is 0 Å². The monoisotopic (exact) mass is 370 g/mol. The van der Waals surface area contributed by atoms with Crippen molar-refractivity contribution in [2.75, 3.05) is 26.2 Å². The van der Waals surface area contributed by atoms with E-state index in [4.69, 9.17) is 0 Å². The van der Waals surface area contributed by atoms with Crippen molar-refractivity contribution in [3.63, 3.8) is 0 Å². The van der Waals surface area contributed by atoms with Crippen molar-refractivity contribution >= 4 is 22.0 Å². The lowest BCUT2D eigenvalue weighted by Crippen LogP contribution is -2.50. The van der Waals surface area contributed by atoms with Crippen LogP contribution in [0.15, 0.2) is 65.6 Å². The minimum Gasteiger partial charge on any atom is -0.337 e. The molecule has 0 saturated carbocycles. The predicted molar refractivity (Wildman–Crippen MR) is 102 cm³/mol. The topological polar surface area (TPSA) is 57.7 Å². The van der Waals surface area contributed by atoms with Gasteiger partial charge in [0.2, 0.25) is 15.9 Å². The zero-order chi connectivity index (χ0) is 18.6. The van der Waals surface area contributed by atoms with Crippen LogP contribution in [0.3, 0.4) is 0 Å². The summed E-state index contributed by atoms with van der Waals surface area (Å²) < 4.78 is 26.7. The van der Waals surface area contributed by atoms with Crippen LogP contribution in [0, 0.1) is 6.92 Å². The van der Waals surface area contributed by atoms with Crippen molar-refractivity contribution in [1.29, 1.82) is 0 Å². The number of rotatable bonds is 4. The average molecular weight is 370 g/mol. The molecule has 0 aliphatic carbocycles. The number of amides is 1. The second kappa shape index (κ2) is 7.85.